The Kier molecular flexibility index (Phi) is 3.72. The van der Waals surface area contributed by atoms with Gasteiger partial charge >= 0.3 is 0 Å². The summed E-state index contributed by atoms with van der Waals surface area (Å²) in [5.74, 6) is -2.86. The molecule has 0 unspecified atom stereocenters. The molecule has 0 saturated carbocycles. The molecular formula is C13H15F2N3. The maximum absolute atomic E-state index is 13.8. The molecule has 0 aliphatic carbocycles. The zero-order chi connectivity index (χ0) is 13.0. The molecule has 1 aromatic carbocycles. The van der Waals surface area contributed by atoms with E-state index < -0.39 is 5.92 Å². The van der Waals surface area contributed by atoms with Crippen LogP contribution in [0.1, 0.15) is 11.3 Å². The standard InChI is InChI=1S/C13H15F2N3/c1-18-12(7-8-17-18)9-16-10-13(14,15)11-5-3-2-4-6-11/h2-8,16H,9-10H2,1H3. The Hall–Kier alpha value is -1.75. The van der Waals surface area contributed by atoms with Crippen molar-refractivity contribution in [3.05, 3.63) is 53.9 Å². The van der Waals surface area contributed by atoms with Crippen LogP contribution in [-0.2, 0) is 19.5 Å². The molecule has 0 bridgehead atoms. The second-order valence-electron chi connectivity index (χ2n) is 4.12. The molecule has 96 valence electrons. The molecule has 1 aromatic heterocycles. The lowest BCUT2D eigenvalue weighted by Crippen LogP contribution is -2.30. The van der Waals surface area contributed by atoms with Crippen LogP contribution in [0, 0.1) is 0 Å². The molecule has 0 fully saturated rings. The van der Waals surface area contributed by atoms with Crippen molar-refractivity contribution in [2.75, 3.05) is 6.54 Å². The average Bonchev–Trinajstić information content (AvgIpc) is 2.76. The number of aryl methyl sites for hydroxylation is 1. The molecule has 0 aliphatic rings. The van der Waals surface area contributed by atoms with Gasteiger partial charge in [-0.3, -0.25) is 4.68 Å². The molecule has 2 rings (SSSR count). The van der Waals surface area contributed by atoms with E-state index in [-0.39, 0.29) is 12.1 Å². The molecule has 1 heterocycles. The van der Waals surface area contributed by atoms with Gasteiger partial charge in [0.05, 0.1) is 12.2 Å². The van der Waals surface area contributed by atoms with E-state index in [0.29, 0.717) is 6.54 Å². The van der Waals surface area contributed by atoms with Crippen molar-refractivity contribution in [2.24, 2.45) is 7.05 Å². The Balaban J connectivity index is 1.92. The summed E-state index contributed by atoms with van der Waals surface area (Å²) >= 11 is 0. The summed E-state index contributed by atoms with van der Waals surface area (Å²) < 4.78 is 29.3. The number of rotatable bonds is 5. The van der Waals surface area contributed by atoms with Crippen molar-refractivity contribution in [1.82, 2.24) is 15.1 Å². The van der Waals surface area contributed by atoms with Crippen molar-refractivity contribution < 1.29 is 8.78 Å². The fraction of sp³-hybridized carbons (Fsp3) is 0.308. The number of alkyl halides is 2. The van der Waals surface area contributed by atoms with E-state index in [1.807, 2.05) is 0 Å². The number of hydrogen-bond donors (Lipinski definition) is 1. The van der Waals surface area contributed by atoms with Crippen LogP contribution in [0.3, 0.4) is 0 Å². The van der Waals surface area contributed by atoms with Gasteiger partial charge in [-0.05, 0) is 6.07 Å². The van der Waals surface area contributed by atoms with E-state index in [4.69, 9.17) is 0 Å². The first-order valence-corrected chi connectivity index (χ1v) is 5.70. The van der Waals surface area contributed by atoms with E-state index in [1.54, 1.807) is 42.2 Å². The molecule has 0 aliphatic heterocycles. The highest BCUT2D eigenvalue weighted by molar-refractivity contribution is 5.20. The minimum Gasteiger partial charge on any atom is -0.305 e. The van der Waals surface area contributed by atoms with Crippen LogP contribution in [-0.4, -0.2) is 16.3 Å². The Morgan fingerprint density at radius 2 is 1.94 bits per heavy atom. The Morgan fingerprint density at radius 3 is 2.56 bits per heavy atom. The number of hydrogen-bond acceptors (Lipinski definition) is 2. The molecule has 3 nitrogen and oxygen atoms in total. The first kappa shape index (κ1) is 12.7. The zero-order valence-corrected chi connectivity index (χ0v) is 10.1. The predicted molar refractivity (Wildman–Crippen MR) is 65.3 cm³/mol. The summed E-state index contributed by atoms with van der Waals surface area (Å²) in [5, 5.41) is 6.74. The van der Waals surface area contributed by atoms with Gasteiger partial charge in [-0.2, -0.15) is 13.9 Å². The van der Waals surface area contributed by atoms with Gasteiger partial charge in [0.2, 0.25) is 0 Å². The summed E-state index contributed by atoms with van der Waals surface area (Å²) in [6.45, 7) is -0.0128. The normalized spacial score (nSPS) is 11.7. The van der Waals surface area contributed by atoms with E-state index in [2.05, 4.69) is 10.4 Å². The van der Waals surface area contributed by atoms with Gasteiger partial charge < -0.3 is 5.32 Å². The Morgan fingerprint density at radius 1 is 1.22 bits per heavy atom. The van der Waals surface area contributed by atoms with Crippen molar-refractivity contribution in [3.63, 3.8) is 0 Å². The second-order valence-corrected chi connectivity index (χ2v) is 4.12. The first-order valence-electron chi connectivity index (χ1n) is 5.70. The smallest absolute Gasteiger partial charge is 0.285 e. The molecule has 1 N–H and O–H groups in total. The number of benzene rings is 1. The molecule has 0 saturated heterocycles. The molecule has 18 heavy (non-hydrogen) atoms. The van der Waals surface area contributed by atoms with Crippen molar-refractivity contribution in [2.45, 2.75) is 12.5 Å². The lowest BCUT2D eigenvalue weighted by atomic mass is 10.1. The summed E-state index contributed by atoms with van der Waals surface area (Å²) in [6.07, 6.45) is 1.65. The van der Waals surface area contributed by atoms with E-state index >= 15 is 0 Å². The molecule has 0 atom stereocenters. The minimum absolute atomic E-state index is 0.0301. The number of nitrogens with zero attached hydrogens (tertiary/aromatic N) is 2. The summed E-state index contributed by atoms with van der Waals surface area (Å²) in [4.78, 5) is 0. The molecule has 0 spiro atoms. The van der Waals surface area contributed by atoms with Crippen molar-refractivity contribution >= 4 is 0 Å². The average molecular weight is 251 g/mol. The van der Waals surface area contributed by atoms with Crippen LogP contribution in [0.4, 0.5) is 8.78 Å². The second kappa shape index (κ2) is 5.27. The first-order chi connectivity index (χ1) is 8.59. The van der Waals surface area contributed by atoms with Crippen LogP contribution in [0.5, 0.6) is 0 Å². The van der Waals surface area contributed by atoms with Crippen LogP contribution in [0.15, 0.2) is 42.6 Å². The van der Waals surface area contributed by atoms with Gasteiger partial charge in [-0.25, -0.2) is 0 Å². The SMILES string of the molecule is Cn1nccc1CNCC(F)(F)c1ccccc1. The van der Waals surface area contributed by atoms with Crippen molar-refractivity contribution in [1.29, 1.82) is 0 Å². The van der Waals surface area contributed by atoms with Crippen molar-refractivity contribution in [3.8, 4) is 0 Å². The van der Waals surface area contributed by atoms with Crippen LogP contribution < -0.4 is 5.32 Å². The summed E-state index contributed by atoms with van der Waals surface area (Å²) in [5.41, 5.74) is 0.904. The monoisotopic (exact) mass is 251 g/mol. The fourth-order valence-corrected chi connectivity index (χ4v) is 1.71. The van der Waals surface area contributed by atoms with Crippen LogP contribution >= 0.6 is 0 Å². The lowest BCUT2D eigenvalue weighted by Gasteiger charge is -2.17. The Bertz CT molecular complexity index is 494. The maximum atomic E-state index is 13.8. The fourth-order valence-electron chi connectivity index (χ4n) is 1.71. The highest BCUT2D eigenvalue weighted by Crippen LogP contribution is 2.26. The van der Waals surface area contributed by atoms with E-state index in [0.717, 1.165) is 5.69 Å². The quantitative estimate of drug-likeness (QED) is 0.883. The lowest BCUT2D eigenvalue weighted by molar-refractivity contribution is -0.00356. The minimum atomic E-state index is -2.86. The van der Waals surface area contributed by atoms with Crippen LogP contribution in [0.2, 0.25) is 0 Å². The van der Waals surface area contributed by atoms with Gasteiger partial charge in [-0.15, -0.1) is 0 Å². The zero-order valence-electron chi connectivity index (χ0n) is 10.1. The van der Waals surface area contributed by atoms with Gasteiger partial charge in [0, 0.05) is 25.4 Å². The van der Waals surface area contributed by atoms with Crippen LogP contribution in [0.25, 0.3) is 0 Å². The molecule has 2 aromatic rings. The third-order valence-corrected chi connectivity index (χ3v) is 2.77. The highest BCUT2D eigenvalue weighted by atomic mass is 19.3. The molecular weight excluding hydrogens is 236 g/mol. The topological polar surface area (TPSA) is 29.9 Å². The predicted octanol–water partition coefficient (Wildman–Crippen LogP) is 2.30. The van der Waals surface area contributed by atoms with Gasteiger partial charge in [0.1, 0.15) is 0 Å². The molecule has 0 amide bonds. The van der Waals surface area contributed by atoms with E-state index in [9.17, 15) is 8.78 Å². The number of nitrogens with one attached hydrogen (secondary N) is 1. The van der Waals surface area contributed by atoms with E-state index in [1.165, 1.54) is 12.1 Å². The summed E-state index contributed by atoms with van der Waals surface area (Å²) in [7, 11) is 1.78. The Labute approximate surface area is 104 Å². The van der Waals surface area contributed by atoms with Gasteiger partial charge in [0.25, 0.3) is 5.92 Å². The number of halogens is 2. The largest absolute Gasteiger partial charge is 0.305 e. The summed E-state index contributed by atoms with van der Waals surface area (Å²) in [6, 6.07) is 9.63. The highest BCUT2D eigenvalue weighted by Gasteiger charge is 2.30. The van der Waals surface area contributed by atoms with Gasteiger partial charge in [0.15, 0.2) is 0 Å². The number of aromatic nitrogens is 2. The maximum Gasteiger partial charge on any atom is 0.285 e. The molecule has 5 heteroatoms. The third-order valence-electron chi connectivity index (χ3n) is 2.77. The van der Waals surface area contributed by atoms with Gasteiger partial charge in [-0.1, -0.05) is 30.3 Å². The third kappa shape index (κ3) is 2.92. The molecule has 0 radical (unpaired) electrons.